The molecule has 6 heteroatoms. The summed E-state index contributed by atoms with van der Waals surface area (Å²) in [5.41, 5.74) is 1.76. The van der Waals surface area contributed by atoms with Crippen LogP contribution < -0.4 is 19.5 Å². The Hall–Kier alpha value is -2.99. The van der Waals surface area contributed by atoms with Crippen molar-refractivity contribution in [2.75, 3.05) is 25.6 Å². The first kappa shape index (κ1) is 20.3. The highest BCUT2D eigenvalue weighted by Gasteiger charge is 2.10. The summed E-state index contributed by atoms with van der Waals surface area (Å²) in [6, 6.07) is 12.5. The third-order valence-corrected chi connectivity index (χ3v) is 3.66. The molecule has 0 radical (unpaired) electrons. The summed E-state index contributed by atoms with van der Waals surface area (Å²) in [5.74, 6) is 1.62. The number of hydrogen-bond acceptors (Lipinski definition) is 5. The molecule has 0 saturated heterocycles. The molecule has 1 unspecified atom stereocenters. The average Bonchev–Trinajstić information content (AvgIpc) is 2.66. The van der Waals surface area contributed by atoms with E-state index in [0.29, 0.717) is 22.9 Å². The van der Waals surface area contributed by atoms with Gasteiger partial charge in [0.1, 0.15) is 25.1 Å². The van der Waals surface area contributed by atoms with Crippen LogP contribution in [0.2, 0.25) is 0 Å². The van der Waals surface area contributed by atoms with Gasteiger partial charge in [-0.2, -0.15) is 0 Å². The van der Waals surface area contributed by atoms with Gasteiger partial charge in [-0.1, -0.05) is 12.1 Å². The SMILES string of the molecule is C=CCc1ccc(OCC(O)COc2ccc(NC(C)=O)cc2)c(OC)c1. The number of allylic oxidation sites excluding steroid dienone is 1. The zero-order chi connectivity index (χ0) is 19.6. The van der Waals surface area contributed by atoms with Crippen molar-refractivity contribution in [1.82, 2.24) is 0 Å². The first-order valence-corrected chi connectivity index (χ1v) is 8.61. The second kappa shape index (κ2) is 10.2. The van der Waals surface area contributed by atoms with Crippen molar-refractivity contribution < 1.29 is 24.1 Å². The van der Waals surface area contributed by atoms with Gasteiger partial charge in [0, 0.05) is 12.6 Å². The lowest BCUT2D eigenvalue weighted by molar-refractivity contribution is -0.114. The van der Waals surface area contributed by atoms with Gasteiger partial charge in [-0.05, 0) is 48.4 Å². The molecule has 2 aromatic rings. The molecule has 27 heavy (non-hydrogen) atoms. The van der Waals surface area contributed by atoms with Gasteiger partial charge in [-0.25, -0.2) is 0 Å². The second-order valence-corrected chi connectivity index (χ2v) is 5.96. The lowest BCUT2D eigenvalue weighted by Crippen LogP contribution is -2.25. The van der Waals surface area contributed by atoms with E-state index in [1.165, 1.54) is 6.92 Å². The average molecular weight is 371 g/mol. The van der Waals surface area contributed by atoms with E-state index in [2.05, 4.69) is 11.9 Å². The van der Waals surface area contributed by atoms with Crippen LogP contribution in [0.4, 0.5) is 5.69 Å². The van der Waals surface area contributed by atoms with Gasteiger partial charge in [0.15, 0.2) is 11.5 Å². The van der Waals surface area contributed by atoms with Crippen molar-refractivity contribution >= 4 is 11.6 Å². The first-order valence-electron chi connectivity index (χ1n) is 8.61. The highest BCUT2D eigenvalue weighted by atomic mass is 16.5. The quantitative estimate of drug-likeness (QED) is 0.627. The van der Waals surface area contributed by atoms with Crippen LogP contribution in [0, 0.1) is 0 Å². The number of methoxy groups -OCH3 is 1. The van der Waals surface area contributed by atoms with Crippen LogP contribution in [0.1, 0.15) is 12.5 Å². The van der Waals surface area contributed by atoms with Crippen molar-refractivity contribution in [3.63, 3.8) is 0 Å². The molecule has 1 atom stereocenters. The third kappa shape index (κ3) is 6.67. The van der Waals surface area contributed by atoms with Crippen molar-refractivity contribution in [2.24, 2.45) is 0 Å². The van der Waals surface area contributed by atoms with Crippen molar-refractivity contribution in [1.29, 1.82) is 0 Å². The number of aliphatic hydroxyl groups is 1. The van der Waals surface area contributed by atoms with Crippen molar-refractivity contribution in [2.45, 2.75) is 19.4 Å². The summed E-state index contributed by atoms with van der Waals surface area (Å²) in [6.45, 7) is 5.32. The fourth-order valence-electron chi connectivity index (χ4n) is 2.39. The molecule has 2 rings (SSSR count). The van der Waals surface area contributed by atoms with E-state index in [1.807, 2.05) is 24.3 Å². The van der Waals surface area contributed by atoms with Crippen LogP contribution in [-0.4, -0.2) is 37.4 Å². The van der Waals surface area contributed by atoms with E-state index >= 15 is 0 Å². The molecule has 144 valence electrons. The Bertz CT molecular complexity index is 758. The summed E-state index contributed by atoms with van der Waals surface area (Å²) in [5, 5.41) is 12.8. The molecule has 0 aliphatic heterocycles. The predicted molar refractivity (Wildman–Crippen MR) is 105 cm³/mol. The van der Waals surface area contributed by atoms with Crippen molar-refractivity contribution in [3.05, 3.63) is 60.7 Å². The zero-order valence-electron chi connectivity index (χ0n) is 15.6. The van der Waals surface area contributed by atoms with Crippen LogP contribution in [0.5, 0.6) is 17.2 Å². The summed E-state index contributed by atoms with van der Waals surface area (Å²) in [6.07, 6.45) is 1.75. The maximum atomic E-state index is 11.0. The van der Waals surface area contributed by atoms with Gasteiger partial charge < -0.3 is 24.6 Å². The molecule has 6 nitrogen and oxygen atoms in total. The van der Waals surface area contributed by atoms with Crippen LogP contribution in [-0.2, 0) is 11.2 Å². The van der Waals surface area contributed by atoms with Gasteiger partial charge in [0.05, 0.1) is 7.11 Å². The van der Waals surface area contributed by atoms with Gasteiger partial charge in [-0.15, -0.1) is 6.58 Å². The number of anilines is 1. The van der Waals surface area contributed by atoms with E-state index in [0.717, 1.165) is 12.0 Å². The Morgan fingerprint density at radius 2 is 1.85 bits per heavy atom. The minimum atomic E-state index is -0.808. The van der Waals surface area contributed by atoms with E-state index in [4.69, 9.17) is 14.2 Å². The number of amides is 1. The fourth-order valence-corrected chi connectivity index (χ4v) is 2.39. The summed E-state index contributed by atoms with van der Waals surface area (Å²) in [4.78, 5) is 11.0. The number of carbonyl (C=O) groups excluding carboxylic acids is 1. The molecular weight excluding hydrogens is 346 g/mol. The molecule has 0 heterocycles. The van der Waals surface area contributed by atoms with E-state index in [-0.39, 0.29) is 19.1 Å². The largest absolute Gasteiger partial charge is 0.493 e. The Morgan fingerprint density at radius 3 is 2.48 bits per heavy atom. The number of hydrogen-bond donors (Lipinski definition) is 2. The number of rotatable bonds is 10. The molecule has 0 aromatic heterocycles. The van der Waals surface area contributed by atoms with Crippen molar-refractivity contribution in [3.8, 4) is 17.2 Å². The van der Waals surface area contributed by atoms with E-state index in [1.54, 1.807) is 31.4 Å². The van der Waals surface area contributed by atoms with E-state index < -0.39 is 6.10 Å². The molecular formula is C21H25NO5. The fraction of sp³-hybridized carbons (Fsp3) is 0.286. The van der Waals surface area contributed by atoms with Gasteiger partial charge >= 0.3 is 0 Å². The lowest BCUT2D eigenvalue weighted by atomic mass is 10.1. The number of benzene rings is 2. The standard InChI is InChI=1S/C21H25NO5/c1-4-5-16-6-11-20(21(12-16)25-3)27-14-18(24)13-26-19-9-7-17(8-10-19)22-15(2)23/h4,6-12,18,24H,1,5,13-14H2,2-3H3,(H,22,23). The number of nitrogens with one attached hydrogen (secondary N) is 1. The third-order valence-electron chi connectivity index (χ3n) is 3.66. The molecule has 0 fully saturated rings. The number of ether oxygens (including phenoxy) is 3. The molecule has 0 saturated carbocycles. The van der Waals surface area contributed by atoms with Crippen LogP contribution >= 0.6 is 0 Å². The topological polar surface area (TPSA) is 77.0 Å². The maximum Gasteiger partial charge on any atom is 0.221 e. The second-order valence-electron chi connectivity index (χ2n) is 5.96. The predicted octanol–water partition coefficient (Wildman–Crippen LogP) is 3.20. The molecule has 2 aromatic carbocycles. The molecule has 0 spiro atoms. The van der Waals surface area contributed by atoms with Gasteiger partial charge in [0.25, 0.3) is 0 Å². The maximum absolute atomic E-state index is 11.0. The molecule has 0 aliphatic carbocycles. The Kier molecular flexibility index (Phi) is 7.70. The minimum absolute atomic E-state index is 0.0706. The Labute approximate surface area is 159 Å². The smallest absolute Gasteiger partial charge is 0.221 e. The Balaban J connectivity index is 1.83. The zero-order valence-corrected chi connectivity index (χ0v) is 15.6. The minimum Gasteiger partial charge on any atom is -0.493 e. The highest BCUT2D eigenvalue weighted by molar-refractivity contribution is 5.88. The normalized spacial score (nSPS) is 11.4. The Morgan fingerprint density at radius 1 is 1.15 bits per heavy atom. The lowest BCUT2D eigenvalue weighted by Gasteiger charge is -2.16. The van der Waals surface area contributed by atoms with Crippen LogP contribution in [0.3, 0.4) is 0 Å². The van der Waals surface area contributed by atoms with Gasteiger partial charge in [0.2, 0.25) is 5.91 Å². The van der Waals surface area contributed by atoms with Gasteiger partial charge in [-0.3, -0.25) is 4.79 Å². The summed E-state index contributed by atoms with van der Waals surface area (Å²) in [7, 11) is 1.57. The monoisotopic (exact) mass is 371 g/mol. The number of carbonyl (C=O) groups is 1. The first-order chi connectivity index (χ1) is 13.0. The molecule has 0 bridgehead atoms. The molecule has 0 aliphatic rings. The highest BCUT2D eigenvalue weighted by Crippen LogP contribution is 2.28. The number of aliphatic hydroxyl groups excluding tert-OH is 1. The summed E-state index contributed by atoms with van der Waals surface area (Å²) < 4.78 is 16.5. The van der Waals surface area contributed by atoms with E-state index in [9.17, 15) is 9.90 Å². The van der Waals surface area contributed by atoms with Crippen LogP contribution in [0.15, 0.2) is 55.1 Å². The molecule has 1 amide bonds. The van der Waals surface area contributed by atoms with Crippen LogP contribution in [0.25, 0.3) is 0 Å². The summed E-state index contributed by atoms with van der Waals surface area (Å²) >= 11 is 0. The molecule has 2 N–H and O–H groups in total.